The van der Waals surface area contributed by atoms with Crippen LogP contribution in [0, 0.1) is 12.8 Å². The minimum absolute atomic E-state index is 0.166. The van der Waals surface area contributed by atoms with E-state index in [4.69, 9.17) is 21.1 Å². The van der Waals surface area contributed by atoms with Crippen LogP contribution in [0.3, 0.4) is 0 Å². The average Bonchev–Trinajstić information content (AvgIpc) is 3.41. The Hall–Kier alpha value is -2.72. The van der Waals surface area contributed by atoms with Gasteiger partial charge in [0.15, 0.2) is 0 Å². The Morgan fingerprint density at radius 1 is 1.37 bits per heavy atom. The van der Waals surface area contributed by atoms with Crippen molar-refractivity contribution in [1.82, 2.24) is 25.0 Å². The van der Waals surface area contributed by atoms with Crippen LogP contribution in [0.2, 0.25) is 5.02 Å². The second-order valence-electron chi connectivity index (χ2n) is 7.03. The molecule has 3 heterocycles. The largest absolute Gasteiger partial charge is 0.495 e. The maximum absolute atomic E-state index is 12.5. The second-order valence-corrected chi connectivity index (χ2v) is 8.67. The van der Waals surface area contributed by atoms with Crippen LogP contribution in [-0.2, 0) is 13.6 Å². The standard InChI is InChI=1S/C19H21ClN6O3S/c1-10-23-24-15(30-10)8-22-17-16(20)18(25-26(2)19(17)27)29-9-11-6-13(11)14-5-4-12(28-3)7-21-14/h4-5,7,11,13,22H,6,8-9H2,1-3H3. The third kappa shape index (κ3) is 4.39. The number of halogens is 1. The number of pyridine rings is 1. The lowest BCUT2D eigenvalue weighted by atomic mass is 10.2. The van der Waals surface area contributed by atoms with Crippen molar-refractivity contribution in [2.75, 3.05) is 19.0 Å². The Labute approximate surface area is 182 Å². The Morgan fingerprint density at radius 3 is 2.87 bits per heavy atom. The number of methoxy groups -OCH3 is 1. The highest BCUT2D eigenvalue weighted by Gasteiger charge is 2.40. The predicted octanol–water partition coefficient (Wildman–Crippen LogP) is 2.79. The van der Waals surface area contributed by atoms with E-state index in [1.54, 1.807) is 20.4 Å². The van der Waals surface area contributed by atoms with E-state index in [1.165, 1.54) is 16.0 Å². The van der Waals surface area contributed by atoms with Crippen molar-refractivity contribution in [3.05, 3.63) is 49.4 Å². The van der Waals surface area contributed by atoms with E-state index in [9.17, 15) is 4.79 Å². The van der Waals surface area contributed by atoms with Crippen molar-refractivity contribution in [3.63, 3.8) is 0 Å². The summed E-state index contributed by atoms with van der Waals surface area (Å²) in [4.78, 5) is 16.9. The number of hydrogen-bond acceptors (Lipinski definition) is 9. The van der Waals surface area contributed by atoms with Gasteiger partial charge in [0.25, 0.3) is 11.4 Å². The van der Waals surface area contributed by atoms with Gasteiger partial charge in [-0.2, -0.15) is 0 Å². The van der Waals surface area contributed by atoms with Crippen LogP contribution in [0.1, 0.15) is 28.0 Å². The highest BCUT2D eigenvalue weighted by atomic mass is 35.5. The first-order chi connectivity index (χ1) is 14.5. The summed E-state index contributed by atoms with van der Waals surface area (Å²) in [7, 11) is 3.18. The molecule has 3 aromatic rings. The van der Waals surface area contributed by atoms with E-state index in [0.717, 1.165) is 27.9 Å². The van der Waals surface area contributed by atoms with Gasteiger partial charge in [0, 0.05) is 24.6 Å². The van der Waals surface area contributed by atoms with Crippen molar-refractivity contribution in [1.29, 1.82) is 0 Å². The Bertz CT molecular complexity index is 1100. The van der Waals surface area contributed by atoms with Crippen molar-refractivity contribution >= 4 is 28.6 Å². The quantitative estimate of drug-likeness (QED) is 0.561. The molecule has 0 aromatic carbocycles. The molecule has 1 saturated carbocycles. The molecule has 158 valence electrons. The van der Waals surface area contributed by atoms with Crippen LogP contribution < -0.4 is 20.3 Å². The summed E-state index contributed by atoms with van der Waals surface area (Å²) >= 11 is 7.88. The van der Waals surface area contributed by atoms with Gasteiger partial charge in [-0.15, -0.1) is 15.3 Å². The van der Waals surface area contributed by atoms with E-state index in [2.05, 4.69) is 25.6 Å². The number of aryl methyl sites for hydroxylation is 2. The van der Waals surface area contributed by atoms with E-state index in [-0.39, 0.29) is 22.1 Å². The van der Waals surface area contributed by atoms with Gasteiger partial charge in [0.2, 0.25) is 0 Å². The number of aromatic nitrogens is 5. The fourth-order valence-electron chi connectivity index (χ4n) is 3.12. The zero-order valence-corrected chi connectivity index (χ0v) is 18.3. The van der Waals surface area contributed by atoms with Crippen molar-refractivity contribution in [2.45, 2.75) is 25.8 Å². The molecule has 1 aliphatic carbocycles. The molecule has 1 N–H and O–H groups in total. The molecule has 0 saturated heterocycles. The Balaban J connectivity index is 1.41. The molecule has 0 spiro atoms. The summed E-state index contributed by atoms with van der Waals surface area (Å²) in [5, 5.41) is 17.0. The molecule has 2 atom stereocenters. The van der Waals surface area contributed by atoms with E-state index in [1.807, 2.05) is 19.1 Å². The summed E-state index contributed by atoms with van der Waals surface area (Å²) < 4.78 is 12.2. The minimum atomic E-state index is -0.333. The van der Waals surface area contributed by atoms with Crippen LogP contribution >= 0.6 is 22.9 Å². The van der Waals surface area contributed by atoms with Crippen LogP contribution in [0.15, 0.2) is 23.1 Å². The van der Waals surface area contributed by atoms with Crippen LogP contribution in [0.25, 0.3) is 0 Å². The molecule has 9 nitrogen and oxygen atoms in total. The lowest BCUT2D eigenvalue weighted by Gasteiger charge is -2.12. The topological polar surface area (TPSA) is 104 Å². The fourth-order valence-corrected chi connectivity index (χ4v) is 4.01. The maximum Gasteiger partial charge on any atom is 0.291 e. The second kappa shape index (κ2) is 8.57. The van der Waals surface area contributed by atoms with Gasteiger partial charge >= 0.3 is 0 Å². The van der Waals surface area contributed by atoms with Crippen molar-refractivity contribution in [3.8, 4) is 11.6 Å². The maximum atomic E-state index is 12.5. The SMILES string of the molecule is COc1ccc(C2CC2COc2nn(C)c(=O)c(NCc3nnc(C)s3)c2Cl)nc1. The van der Waals surface area contributed by atoms with E-state index >= 15 is 0 Å². The summed E-state index contributed by atoms with van der Waals surface area (Å²) in [5.74, 6) is 1.61. The molecule has 1 aliphatic rings. The molecule has 0 bridgehead atoms. The molecular formula is C19H21ClN6O3S. The van der Waals surface area contributed by atoms with Gasteiger partial charge in [-0.25, -0.2) is 4.68 Å². The van der Waals surface area contributed by atoms with Crippen LogP contribution in [0.4, 0.5) is 5.69 Å². The summed E-state index contributed by atoms with van der Waals surface area (Å²) in [6, 6.07) is 3.87. The first-order valence-corrected chi connectivity index (χ1v) is 10.6. The molecule has 1 fully saturated rings. The van der Waals surface area contributed by atoms with Gasteiger partial charge in [-0.1, -0.05) is 22.9 Å². The molecular weight excluding hydrogens is 428 g/mol. The monoisotopic (exact) mass is 448 g/mol. The summed E-state index contributed by atoms with van der Waals surface area (Å²) in [6.07, 6.45) is 2.69. The molecule has 11 heteroatoms. The zero-order valence-electron chi connectivity index (χ0n) is 16.8. The zero-order chi connectivity index (χ0) is 21.3. The molecule has 4 rings (SSSR count). The summed E-state index contributed by atoms with van der Waals surface area (Å²) in [6.45, 7) is 2.66. The lowest BCUT2D eigenvalue weighted by Crippen LogP contribution is -2.25. The number of hydrogen-bond donors (Lipinski definition) is 1. The van der Waals surface area contributed by atoms with Gasteiger partial charge in [0.1, 0.15) is 26.5 Å². The van der Waals surface area contributed by atoms with Gasteiger partial charge < -0.3 is 14.8 Å². The normalized spacial score (nSPS) is 17.6. The Kier molecular flexibility index (Phi) is 5.87. The number of anilines is 1. The van der Waals surface area contributed by atoms with E-state index < -0.39 is 0 Å². The fraction of sp³-hybridized carbons (Fsp3) is 0.421. The van der Waals surface area contributed by atoms with Gasteiger partial charge in [-0.3, -0.25) is 9.78 Å². The van der Waals surface area contributed by atoms with Gasteiger partial charge in [-0.05, 0) is 25.5 Å². The van der Waals surface area contributed by atoms with Crippen molar-refractivity contribution < 1.29 is 9.47 Å². The average molecular weight is 449 g/mol. The number of nitrogens with zero attached hydrogens (tertiary/aromatic N) is 5. The minimum Gasteiger partial charge on any atom is -0.495 e. The first kappa shape index (κ1) is 20.5. The molecule has 3 aromatic heterocycles. The number of nitrogens with one attached hydrogen (secondary N) is 1. The number of rotatable bonds is 8. The predicted molar refractivity (Wildman–Crippen MR) is 114 cm³/mol. The number of ether oxygens (including phenoxy) is 2. The highest BCUT2D eigenvalue weighted by Crippen LogP contribution is 2.47. The molecule has 0 radical (unpaired) electrons. The summed E-state index contributed by atoms with van der Waals surface area (Å²) in [5.41, 5.74) is 0.917. The Morgan fingerprint density at radius 2 is 2.20 bits per heavy atom. The highest BCUT2D eigenvalue weighted by molar-refractivity contribution is 7.11. The lowest BCUT2D eigenvalue weighted by molar-refractivity contribution is 0.278. The van der Waals surface area contributed by atoms with Crippen LogP contribution in [0.5, 0.6) is 11.6 Å². The van der Waals surface area contributed by atoms with Crippen LogP contribution in [-0.4, -0.2) is 38.7 Å². The third-order valence-corrected chi connectivity index (χ3v) is 6.06. The van der Waals surface area contributed by atoms with E-state index in [0.29, 0.717) is 25.0 Å². The molecule has 30 heavy (non-hydrogen) atoms. The first-order valence-electron chi connectivity index (χ1n) is 9.38. The third-order valence-electron chi connectivity index (χ3n) is 4.87. The van der Waals surface area contributed by atoms with Crippen molar-refractivity contribution in [2.24, 2.45) is 13.0 Å². The molecule has 0 amide bonds. The van der Waals surface area contributed by atoms with Gasteiger partial charge in [0.05, 0.1) is 26.5 Å². The molecule has 2 unspecified atom stereocenters. The smallest absolute Gasteiger partial charge is 0.291 e. The molecule has 0 aliphatic heterocycles.